The third kappa shape index (κ3) is 4.08. The van der Waals surface area contributed by atoms with Gasteiger partial charge in [-0.3, -0.25) is 4.79 Å². The smallest absolute Gasteiger partial charge is 0.253 e. The second-order valence-electron chi connectivity index (χ2n) is 8.08. The Morgan fingerprint density at radius 2 is 1.68 bits per heavy atom. The van der Waals surface area contributed by atoms with E-state index in [2.05, 4.69) is 47.0 Å². The molecule has 31 heavy (non-hydrogen) atoms. The Kier molecular flexibility index (Phi) is 5.47. The van der Waals surface area contributed by atoms with Gasteiger partial charge in [0.15, 0.2) is 0 Å². The van der Waals surface area contributed by atoms with Crippen molar-refractivity contribution in [3.05, 3.63) is 101 Å². The molecule has 0 aliphatic carbocycles. The van der Waals surface area contributed by atoms with Crippen LogP contribution in [0.3, 0.4) is 0 Å². The van der Waals surface area contributed by atoms with Gasteiger partial charge >= 0.3 is 0 Å². The lowest BCUT2D eigenvalue weighted by atomic mass is 10.0. The fourth-order valence-corrected chi connectivity index (χ4v) is 4.73. The van der Waals surface area contributed by atoms with E-state index in [9.17, 15) is 4.79 Å². The molecule has 156 valence electrons. The summed E-state index contributed by atoms with van der Waals surface area (Å²) in [4.78, 5) is 19.8. The number of hydrogen-bond donors (Lipinski definition) is 0. The molecule has 4 aromatic rings. The quantitative estimate of drug-likeness (QED) is 0.413. The number of benzene rings is 3. The van der Waals surface area contributed by atoms with Gasteiger partial charge in [0.2, 0.25) is 0 Å². The summed E-state index contributed by atoms with van der Waals surface area (Å²) in [6.45, 7) is 1.46. The number of amides is 1. The van der Waals surface area contributed by atoms with Crippen LogP contribution in [0.4, 0.5) is 0 Å². The van der Waals surface area contributed by atoms with E-state index in [-0.39, 0.29) is 5.91 Å². The van der Waals surface area contributed by atoms with Gasteiger partial charge in [-0.15, -0.1) is 0 Å². The minimum absolute atomic E-state index is 0.0564. The summed E-state index contributed by atoms with van der Waals surface area (Å²) in [5.74, 6) is 1.15. The first-order valence-corrected chi connectivity index (χ1v) is 11.1. The fourth-order valence-electron chi connectivity index (χ4n) is 4.54. The molecule has 1 aliphatic heterocycles. The molecule has 4 nitrogen and oxygen atoms in total. The van der Waals surface area contributed by atoms with Gasteiger partial charge in [0.1, 0.15) is 5.82 Å². The van der Waals surface area contributed by atoms with E-state index in [1.165, 1.54) is 11.1 Å². The molecule has 2 heterocycles. The average molecular weight is 430 g/mol. The predicted octanol–water partition coefficient (Wildman–Crippen LogP) is 5.76. The molecule has 1 amide bonds. The molecular weight excluding hydrogens is 406 g/mol. The second-order valence-corrected chi connectivity index (χ2v) is 8.52. The predicted molar refractivity (Wildman–Crippen MR) is 125 cm³/mol. The Bertz CT molecular complexity index is 1210. The summed E-state index contributed by atoms with van der Waals surface area (Å²) < 4.78 is 2.41. The standard InChI is InChI=1S/C26H24ClN3O/c27-21-10-6-9-20(18-21)26(31)29-15-13-22(14-16-29)30-24-12-5-4-11-23(24)28-25(30)17-19-7-2-1-3-8-19/h1-12,18,22H,13-17H2. The Hall–Kier alpha value is -3.11. The first-order chi connectivity index (χ1) is 15.2. The first kappa shape index (κ1) is 19.8. The number of hydrogen-bond acceptors (Lipinski definition) is 2. The fraction of sp³-hybridized carbons (Fsp3) is 0.231. The van der Waals surface area contributed by atoms with Crippen LogP contribution < -0.4 is 0 Å². The highest BCUT2D eigenvalue weighted by atomic mass is 35.5. The van der Waals surface area contributed by atoms with Gasteiger partial charge in [-0.05, 0) is 48.7 Å². The lowest BCUT2D eigenvalue weighted by Crippen LogP contribution is -2.39. The summed E-state index contributed by atoms with van der Waals surface area (Å²) in [7, 11) is 0. The molecule has 3 aromatic carbocycles. The third-order valence-electron chi connectivity index (χ3n) is 6.06. The molecular formula is C26H24ClN3O. The molecule has 1 aliphatic rings. The van der Waals surface area contributed by atoms with Crippen LogP contribution in [0.1, 0.15) is 40.6 Å². The van der Waals surface area contributed by atoms with Crippen LogP contribution in [0, 0.1) is 0 Å². The van der Waals surface area contributed by atoms with Crippen LogP contribution in [-0.4, -0.2) is 33.4 Å². The monoisotopic (exact) mass is 429 g/mol. The molecule has 1 saturated heterocycles. The van der Waals surface area contributed by atoms with Crippen LogP contribution in [0.2, 0.25) is 5.02 Å². The molecule has 1 fully saturated rings. The van der Waals surface area contributed by atoms with Crippen molar-refractivity contribution >= 4 is 28.5 Å². The maximum atomic E-state index is 12.9. The number of halogens is 1. The normalized spacial score (nSPS) is 14.8. The SMILES string of the molecule is O=C(c1cccc(Cl)c1)N1CCC(n2c(Cc3ccccc3)nc3ccccc32)CC1. The topological polar surface area (TPSA) is 38.1 Å². The summed E-state index contributed by atoms with van der Waals surface area (Å²) in [6, 6.07) is 26.4. The van der Waals surface area contributed by atoms with Crippen molar-refractivity contribution in [2.75, 3.05) is 13.1 Å². The van der Waals surface area contributed by atoms with Crippen molar-refractivity contribution < 1.29 is 4.79 Å². The van der Waals surface area contributed by atoms with Crippen LogP contribution in [-0.2, 0) is 6.42 Å². The van der Waals surface area contributed by atoms with E-state index in [1.54, 1.807) is 12.1 Å². The number of aromatic nitrogens is 2. The van der Waals surface area contributed by atoms with Crippen molar-refractivity contribution in [3.8, 4) is 0 Å². The molecule has 5 rings (SSSR count). The van der Waals surface area contributed by atoms with E-state index < -0.39 is 0 Å². The minimum Gasteiger partial charge on any atom is -0.338 e. The van der Waals surface area contributed by atoms with Gasteiger partial charge in [-0.25, -0.2) is 4.98 Å². The first-order valence-electron chi connectivity index (χ1n) is 10.7. The Labute approximate surface area is 187 Å². The van der Waals surface area contributed by atoms with Crippen LogP contribution >= 0.6 is 11.6 Å². The minimum atomic E-state index is 0.0564. The van der Waals surface area contributed by atoms with E-state index in [1.807, 2.05) is 29.2 Å². The van der Waals surface area contributed by atoms with Gasteiger partial charge in [-0.1, -0.05) is 60.1 Å². The number of carbonyl (C=O) groups is 1. The van der Waals surface area contributed by atoms with Crippen molar-refractivity contribution in [3.63, 3.8) is 0 Å². The molecule has 0 bridgehead atoms. The Morgan fingerprint density at radius 3 is 2.45 bits per heavy atom. The molecule has 0 atom stereocenters. The average Bonchev–Trinajstić information content (AvgIpc) is 3.17. The van der Waals surface area contributed by atoms with Gasteiger partial charge in [0.25, 0.3) is 5.91 Å². The number of carbonyl (C=O) groups excluding carboxylic acids is 1. The number of piperidine rings is 1. The molecule has 0 saturated carbocycles. The van der Waals surface area contributed by atoms with Crippen molar-refractivity contribution in [2.45, 2.75) is 25.3 Å². The molecule has 0 spiro atoms. The number of fused-ring (bicyclic) bond motifs is 1. The van der Waals surface area contributed by atoms with E-state index >= 15 is 0 Å². The van der Waals surface area contributed by atoms with E-state index in [0.717, 1.165) is 43.7 Å². The summed E-state index contributed by atoms with van der Waals surface area (Å²) in [6.07, 6.45) is 2.63. The van der Waals surface area contributed by atoms with E-state index in [0.29, 0.717) is 16.6 Å². The van der Waals surface area contributed by atoms with E-state index in [4.69, 9.17) is 16.6 Å². The molecule has 1 aromatic heterocycles. The van der Waals surface area contributed by atoms with Gasteiger partial charge in [-0.2, -0.15) is 0 Å². The Morgan fingerprint density at radius 1 is 0.935 bits per heavy atom. The number of para-hydroxylation sites is 2. The Balaban J connectivity index is 1.39. The lowest BCUT2D eigenvalue weighted by Gasteiger charge is -2.33. The van der Waals surface area contributed by atoms with Crippen LogP contribution in [0.15, 0.2) is 78.9 Å². The summed E-state index contributed by atoms with van der Waals surface area (Å²) >= 11 is 6.08. The highest BCUT2D eigenvalue weighted by Gasteiger charge is 2.27. The zero-order chi connectivity index (χ0) is 21.2. The second kappa shape index (κ2) is 8.56. The molecule has 0 radical (unpaired) electrons. The van der Waals surface area contributed by atoms with Crippen molar-refractivity contribution in [1.82, 2.24) is 14.5 Å². The van der Waals surface area contributed by atoms with Gasteiger partial charge in [0, 0.05) is 36.1 Å². The number of imidazole rings is 1. The number of likely N-dealkylation sites (tertiary alicyclic amines) is 1. The third-order valence-corrected chi connectivity index (χ3v) is 6.30. The van der Waals surface area contributed by atoms with Gasteiger partial charge in [0.05, 0.1) is 11.0 Å². The maximum Gasteiger partial charge on any atom is 0.253 e. The zero-order valence-corrected chi connectivity index (χ0v) is 18.0. The molecule has 5 heteroatoms. The summed E-state index contributed by atoms with van der Waals surface area (Å²) in [5.41, 5.74) is 4.12. The maximum absolute atomic E-state index is 12.9. The van der Waals surface area contributed by atoms with Crippen molar-refractivity contribution in [1.29, 1.82) is 0 Å². The number of nitrogens with zero attached hydrogens (tertiary/aromatic N) is 3. The highest BCUT2D eigenvalue weighted by molar-refractivity contribution is 6.30. The molecule has 0 unspecified atom stereocenters. The van der Waals surface area contributed by atoms with Crippen LogP contribution in [0.5, 0.6) is 0 Å². The van der Waals surface area contributed by atoms with Crippen LogP contribution in [0.25, 0.3) is 11.0 Å². The molecule has 0 N–H and O–H groups in total. The number of rotatable bonds is 4. The zero-order valence-electron chi connectivity index (χ0n) is 17.2. The van der Waals surface area contributed by atoms with Gasteiger partial charge < -0.3 is 9.47 Å². The summed E-state index contributed by atoms with van der Waals surface area (Å²) in [5, 5.41) is 0.594. The highest BCUT2D eigenvalue weighted by Crippen LogP contribution is 2.30. The van der Waals surface area contributed by atoms with Crippen molar-refractivity contribution in [2.24, 2.45) is 0 Å². The largest absolute Gasteiger partial charge is 0.338 e. The lowest BCUT2D eigenvalue weighted by molar-refractivity contribution is 0.0695.